The van der Waals surface area contributed by atoms with Crippen LogP contribution in [0.15, 0.2) is 0 Å². The van der Waals surface area contributed by atoms with Gasteiger partial charge in [0.1, 0.15) is 0 Å². The third-order valence-corrected chi connectivity index (χ3v) is 11.0. The molecule has 0 aromatic rings. The molecule has 4 atom stereocenters. The van der Waals surface area contributed by atoms with Crippen LogP contribution in [0.1, 0.15) is 150 Å². The molecule has 4 unspecified atom stereocenters. The number of carbonyl (C=O) groups is 2. The number of rotatable bonds is 10. The van der Waals surface area contributed by atoms with Gasteiger partial charge in [0, 0.05) is 0 Å². The topological polar surface area (TPSA) is 105 Å². The van der Waals surface area contributed by atoms with Crippen molar-refractivity contribution in [2.45, 2.75) is 150 Å². The van der Waals surface area contributed by atoms with Crippen LogP contribution in [0.25, 0.3) is 0 Å². The number of hydrogen-bond acceptors (Lipinski definition) is 4. The van der Waals surface area contributed by atoms with Gasteiger partial charge in [-0.3, -0.25) is 0 Å². The zero-order valence-electron chi connectivity index (χ0n) is 25.9. The summed E-state index contributed by atoms with van der Waals surface area (Å²) in [6.07, 6.45) is 27.8. The van der Waals surface area contributed by atoms with Crippen molar-refractivity contribution in [1.29, 1.82) is 0 Å². The quantitative estimate of drug-likeness (QED) is 0.283. The highest BCUT2D eigenvalue weighted by atomic mass is 16.5. The van der Waals surface area contributed by atoms with E-state index in [1.54, 1.807) is 84.5 Å². The first-order valence-electron chi connectivity index (χ1n) is 16.5. The smallest absolute Gasteiger partial charge is 0.404 e. The Morgan fingerprint density at radius 1 is 0.718 bits per heavy atom. The lowest BCUT2D eigenvalue weighted by molar-refractivity contribution is 0.0120. The van der Waals surface area contributed by atoms with E-state index in [0.29, 0.717) is 24.0 Å². The fourth-order valence-electron chi connectivity index (χ4n) is 8.78. The third-order valence-electron chi connectivity index (χ3n) is 11.0. The summed E-state index contributed by atoms with van der Waals surface area (Å²) in [4.78, 5) is 19.2. The molecule has 39 heavy (non-hydrogen) atoms. The largest absolute Gasteiger partial charge is 0.450 e. The highest BCUT2D eigenvalue weighted by molar-refractivity contribution is 5.64. The molecule has 0 saturated heterocycles. The molecule has 2 amide bonds. The molecule has 0 spiro atoms. The molecule has 6 heteroatoms. The summed E-state index contributed by atoms with van der Waals surface area (Å²) < 4.78 is 8.36. The van der Waals surface area contributed by atoms with Crippen molar-refractivity contribution in [3.05, 3.63) is 0 Å². The number of nitrogens with two attached hydrogens (primary N) is 2. The van der Waals surface area contributed by atoms with Crippen molar-refractivity contribution in [3.63, 3.8) is 0 Å². The maximum absolute atomic E-state index is 9.60. The molecule has 0 heterocycles. The molecule has 228 valence electrons. The van der Waals surface area contributed by atoms with Crippen LogP contribution in [0, 0.1) is 34.5 Å². The van der Waals surface area contributed by atoms with E-state index in [4.69, 9.17) is 0 Å². The predicted molar refractivity (Wildman–Crippen MR) is 160 cm³/mol. The average Bonchev–Trinajstić information content (AvgIpc) is 3.39. The second kappa shape index (κ2) is 17.4. The molecule has 0 aliphatic heterocycles. The Labute approximate surface area is 240 Å². The van der Waals surface area contributed by atoms with Crippen LogP contribution in [-0.4, -0.2) is 25.4 Å². The van der Waals surface area contributed by atoms with Crippen LogP contribution in [0.4, 0.5) is 9.59 Å². The molecule has 4 fully saturated rings. The van der Waals surface area contributed by atoms with Gasteiger partial charge in [0.05, 0.1) is 13.2 Å². The molecule has 0 aromatic heterocycles. The number of fused-ring (bicyclic) bond motifs is 2. The van der Waals surface area contributed by atoms with Crippen molar-refractivity contribution in [2.75, 3.05) is 13.2 Å². The summed E-state index contributed by atoms with van der Waals surface area (Å²) in [6.45, 7) is 9.55. The lowest BCUT2D eigenvalue weighted by Crippen LogP contribution is -2.40. The molecule has 4 saturated carbocycles. The Bertz CT molecular complexity index is 688. The number of hydrogen-bond donors (Lipinski definition) is 2. The Morgan fingerprint density at radius 2 is 1.21 bits per heavy atom. The summed E-state index contributed by atoms with van der Waals surface area (Å²) >= 11 is 0. The van der Waals surface area contributed by atoms with Gasteiger partial charge in [-0.05, 0) is 80.5 Å². The second-order valence-corrected chi connectivity index (χ2v) is 13.4. The molecule has 4 rings (SSSR count). The van der Waals surface area contributed by atoms with Gasteiger partial charge in [-0.2, -0.15) is 0 Å². The lowest BCUT2D eigenvalue weighted by Gasteiger charge is -2.48. The van der Waals surface area contributed by atoms with Crippen molar-refractivity contribution >= 4 is 12.2 Å². The van der Waals surface area contributed by atoms with Crippen LogP contribution < -0.4 is 11.5 Å². The fourth-order valence-corrected chi connectivity index (χ4v) is 8.78. The Kier molecular flexibility index (Phi) is 15.0. The van der Waals surface area contributed by atoms with Gasteiger partial charge in [-0.15, -0.1) is 0 Å². The summed E-state index contributed by atoms with van der Waals surface area (Å²) in [7, 11) is 0. The molecule has 0 aromatic carbocycles. The zero-order valence-corrected chi connectivity index (χ0v) is 25.9. The maximum Gasteiger partial charge on any atom is 0.404 e. The normalized spacial score (nSPS) is 30.5. The van der Waals surface area contributed by atoms with Crippen molar-refractivity contribution < 1.29 is 19.1 Å². The van der Waals surface area contributed by atoms with E-state index in [9.17, 15) is 9.59 Å². The van der Waals surface area contributed by atoms with Gasteiger partial charge in [0.2, 0.25) is 0 Å². The van der Waals surface area contributed by atoms with Crippen molar-refractivity contribution in [2.24, 2.45) is 46.0 Å². The van der Waals surface area contributed by atoms with E-state index >= 15 is 0 Å². The summed E-state index contributed by atoms with van der Waals surface area (Å²) in [5, 5.41) is 0. The van der Waals surface area contributed by atoms with Gasteiger partial charge >= 0.3 is 12.2 Å². The predicted octanol–water partition coefficient (Wildman–Crippen LogP) is 9.13. The first-order valence-corrected chi connectivity index (χ1v) is 16.5. The van der Waals surface area contributed by atoms with E-state index in [1.807, 2.05) is 0 Å². The highest BCUT2D eigenvalue weighted by Crippen LogP contribution is 2.69. The first kappa shape index (κ1) is 33.7. The highest BCUT2D eigenvalue weighted by Gasteiger charge is 2.60. The van der Waals surface area contributed by atoms with Crippen LogP contribution in [-0.2, 0) is 9.47 Å². The SMILES string of the molecule is CC12CCC(C1)C(CCCC1CCCCC1)C2(C)CCCC1CCCCC1.CCOC(N)=O.CCOC(N)=O. The van der Waals surface area contributed by atoms with Gasteiger partial charge < -0.3 is 20.9 Å². The monoisotopic (exact) mass is 550 g/mol. The molecular weight excluding hydrogens is 488 g/mol. The minimum absolute atomic E-state index is 0.356. The van der Waals surface area contributed by atoms with Crippen LogP contribution >= 0.6 is 0 Å². The average molecular weight is 551 g/mol. The van der Waals surface area contributed by atoms with Gasteiger partial charge in [0.15, 0.2) is 0 Å². The Morgan fingerprint density at radius 3 is 1.64 bits per heavy atom. The molecule has 6 nitrogen and oxygen atoms in total. The third kappa shape index (κ3) is 10.8. The maximum atomic E-state index is 9.60. The second-order valence-electron chi connectivity index (χ2n) is 13.4. The van der Waals surface area contributed by atoms with Gasteiger partial charge in [-0.1, -0.05) is 104 Å². The minimum Gasteiger partial charge on any atom is -0.450 e. The molecule has 4 aliphatic rings. The number of ether oxygens (including phenoxy) is 2. The van der Waals surface area contributed by atoms with E-state index in [0.717, 1.165) is 23.7 Å². The number of carbonyl (C=O) groups excluding carboxylic acids is 2. The number of primary amides is 2. The van der Waals surface area contributed by atoms with Gasteiger partial charge in [-0.25, -0.2) is 9.59 Å². The van der Waals surface area contributed by atoms with E-state index in [-0.39, 0.29) is 0 Å². The Hall–Kier alpha value is -1.46. The fraction of sp³-hybridized carbons (Fsp3) is 0.939. The van der Waals surface area contributed by atoms with Crippen molar-refractivity contribution in [1.82, 2.24) is 0 Å². The van der Waals surface area contributed by atoms with Crippen LogP contribution in [0.5, 0.6) is 0 Å². The van der Waals surface area contributed by atoms with E-state index in [1.165, 1.54) is 51.4 Å². The van der Waals surface area contributed by atoms with E-state index < -0.39 is 12.2 Å². The van der Waals surface area contributed by atoms with Crippen LogP contribution in [0.3, 0.4) is 0 Å². The molecule has 4 N–H and O–H groups in total. The van der Waals surface area contributed by atoms with Crippen LogP contribution in [0.2, 0.25) is 0 Å². The van der Waals surface area contributed by atoms with E-state index in [2.05, 4.69) is 34.8 Å². The first-order chi connectivity index (χ1) is 18.6. The standard InChI is InChI=1S/C27H48.2C3H7NO2/c1-26-20-18-24(21-26)25(17-9-15-22-11-5-3-6-12-22)27(26,2)19-10-16-23-13-7-4-8-14-23;2*1-2-6-3(4)5/h22-25H,3-21H2,1-2H3;2*2H2,1H3,(H2,4,5). The molecular formula is C33H62N2O4. The summed E-state index contributed by atoms with van der Waals surface area (Å²) in [5.74, 6) is 4.32. The summed E-state index contributed by atoms with van der Waals surface area (Å²) in [5.41, 5.74) is 10.4. The molecule has 2 bridgehead atoms. The lowest BCUT2D eigenvalue weighted by atomic mass is 9.57. The number of amides is 2. The van der Waals surface area contributed by atoms with Crippen molar-refractivity contribution in [3.8, 4) is 0 Å². The summed E-state index contributed by atoms with van der Waals surface area (Å²) in [6, 6.07) is 0. The minimum atomic E-state index is -0.711. The molecule has 0 radical (unpaired) electrons. The van der Waals surface area contributed by atoms with Gasteiger partial charge in [0.25, 0.3) is 0 Å². The Balaban J connectivity index is 0.000000374. The zero-order chi connectivity index (χ0) is 28.7. The molecule has 4 aliphatic carbocycles.